The second-order valence-corrected chi connectivity index (χ2v) is 6.36. The monoisotopic (exact) mass is 394 g/mol. The molecule has 2 heterocycles. The van der Waals surface area contributed by atoms with E-state index in [2.05, 4.69) is 4.99 Å². The van der Waals surface area contributed by atoms with Gasteiger partial charge in [0.05, 0.1) is 11.8 Å². The van der Waals surface area contributed by atoms with E-state index in [9.17, 15) is 22.8 Å². The summed E-state index contributed by atoms with van der Waals surface area (Å²) in [7, 11) is 0. The summed E-state index contributed by atoms with van der Waals surface area (Å²) in [6.07, 6.45) is -2.96. The van der Waals surface area contributed by atoms with Gasteiger partial charge >= 0.3 is 6.18 Å². The number of likely N-dealkylation sites (tertiary alicyclic amines) is 1. The van der Waals surface area contributed by atoms with Gasteiger partial charge < -0.3 is 20.8 Å². The minimum absolute atomic E-state index is 0.0171. The van der Waals surface area contributed by atoms with E-state index in [0.29, 0.717) is 13.0 Å². The van der Waals surface area contributed by atoms with Crippen LogP contribution in [0.4, 0.5) is 13.2 Å². The van der Waals surface area contributed by atoms with E-state index in [0.717, 1.165) is 6.07 Å². The molecule has 2 aromatic rings. The van der Waals surface area contributed by atoms with Crippen LogP contribution in [0.5, 0.6) is 0 Å². The van der Waals surface area contributed by atoms with Crippen LogP contribution in [-0.2, 0) is 6.18 Å². The molecule has 3 rings (SSSR count). The van der Waals surface area contributed by atoms with Gasteiger partial charge in [-0.1, -0.05) is 6.07 Å². The van der Waals surface area contributed by atoms with E-state index in [4.69, 9.17) is 15.9 Å². The number of carbonyl (C=O) groups excluding carboxylic acids is 2. The normalized spacial score (nSPS) is 16.8. The highest BCUT2D eigenvalue weighted by molar-refractivity contribution is 6.02. The number of hydrogen-bond acceptors (Lipinski definition) is 3. The van der Waals surface area contributed by atoms with E-state index >= 15 is 0 Å². The fourth-order valence-corrected chi connectivity index (χ4v) is 3.23. The number of carbonyl (C=O) groups is 2. The summed E-state index contributed by atoms with van der Waals surface area (Å²) in [6, 6.07) is 6.29. The number of aliphatic imine (C=N–C) groups is 1. The number of amides is 2. The van der Waals surface area contributed by atoms with Gasteiger partial charge in [-0.15, -0.1) is 0 Å². The first-order valence-corrected chi connectivity index (χ1v) is 8.34. The minimum atomic E-state index is -4.68. The molecule has 1 saturated heterocycles. The summed E-state index contributed by atoms with van der Waals surface area (Å²) < 4.78 is 45.8. The average molecular weight is 394 g/mol. The summed E-state index contributed by atoms with van der Waals surface area (Å²) in [4.78, 5) is 28.9. The van der Waals surface area contributed by atoms with Crippen molar-refractivity contribution >= 4 is 17.8 Å². The molecule has 10 heteroatoms. The Morgan fingerprint density at radius 3 is 2.57 bits per heavy atom. The lowest BCUT2D eigenvalue weighted by molar-refractivity contribution is -0.138. The lowest BCUT2D eigenvalue weighted by Gasteiger charge is -2.19. The maximum Gasteiger partial charge on any atom is 0.416 e. The Kier molecular flexibility index (Phi) is 5.12. The summed E-state index contributed by atoms with van der Waals surface area (Å²) in [6.45, 7) is 0.417. The average Bonchev–Trinajstić information content (AvgIpc) is 3.31. The van der Waals surface area contributed by atoms with Crippen LogP contribution in [0, 0.1) is 0 Å². The topological polar surface area (TPSA) is 115 Å². The van der Waals surface area contributed by atoms with E-state index in [1.807, 2.05) is 0 Å². The zero-order chi connectivity index (χ0) is 20.5. The van der Waals surface area contributed by atoms with Crippen molar-refractivity contribution in [1.29, 1.82) is 0 Å². The molecule has 1 aliphatic heterocycles. The third-order valence-electron chi connectivity index (χ3n) is 4.48. The quantitative estimate of drug-likeness (QED) is 0.613. The SMILES string of the molecule is NC(N)=NC(=O)c1ccc([C@H]2CCN(C(=O)c3ccco3)C2)c(C(F)(F)F)c1. The number of furan rings is 1. The van der Waals surface area contributed by atoms with Crippen molar-refractivity contribution in [3.05, 3.63) is 59.0 Å². The Morgan fingerprint density at radius 1 is 1.21 bits per heavy atom. The molecule has 0 radical (unpaired) electrons. The minimum Gasteiger partial charge on any atom is -0.459 e. The van der Waals surface area contributed by atoms with Crippen molar-refractivity contribution in [1.82, 2.24) is 4.90 Å². The number of benzene rings is 1. The largest absolute Gasteiger partial charge is 0.459 e. The maximum atomic E-state index is 13.6. The summed E-state index contributed by atoms with van der Waals surface area (Å²) >= 11 is 0. The van der Waals surface area contributed by atoms with Gasteiger partial charge in [0.15, 0.2) is 11.7 Å². The number of nitrogens with two attached hydrogens (primary N) is 2. The number of rotatable bonds is 3. The molecule has 0 spiro atoms. The number of hydrogen-bond donors (Lipinski definition) is 2. The first-order valence-electron chi connectivity index (χ1n) is 8.34. The van der Waals surface area contributed by atoms with Crippen LogP contribution in [-0.4, -0.2) is 35.8 Å². The molecule has 7 nitrogen and oxygen atoms in total. The van der Waals surface area contributed by atoms with Crippen LogP contribution in [0.25, 0.3) is 0 Å². The third kappa shape index (κ3) is 4.00. The Morgan fingerprint density at radius 2 is 1.96 bits per heavy atom. The predicted molar refractivity (Wildman–Crippen MR) is 93.6 cm³/mol. The van der Waals surface area contributed by atoms with Crippen molar-refractivity contribution in [3.63, 3.8) is 0 Å². The molecule has 1 fully saturated rings. The number of halogens is 3. The maximum absolute atomic E-state index is 13.6. The molecule has 4 N–H and O–H groups in total. The van der Waals surface area contributed by atoms with E-state index in [1.54, 1.807) is 6.07 Å². The Hall–Kier alpha value is -3.30. The molecule has 2 amide bonds. The van der Waals surface area contributed by atoms with Crippen LogP contribution < -0.4 is 11.5 Å². The molecule has 1 aromatic carbocycles. The molecular weight excluding hydrogens is 377 g/mol. The van der Waals surface area contributed by atoms with Gasteiger partial charge in [-0.25, -0.2) is 0 Å². The highest BCUT2D eigenvalue weighted by Gasteiger charge is 2.38. The standard InChI is InChI=1S/C18H17F3N4O3/c19-18(20,21)13-8-10(15(26)24-17(22)23)3-4-12(13)11-5-6-25(9-11)16(27)14-2-1-7-28-14/h1-4,7-8,11H,5-6,9H2,(H4,22,23,24,26)/t11-/m0/s1. The summed E-state index contributed by atoms with van der Waals surface area (Å²) in [5, 5.41) is 0. The highest BCUT2D eigenvalue weighted by atomic mass is 19.4. The van der Waals surface area contributed by atoms with Gasteiger partial charge in [-0.3, -0.25) is 9.59 Å². The number of nitrogens with zero attached hydrogens (tertiary/aromatic N) is 2. The lowest BCUT2D eigenvalue weighted by atomic mass is 9.91. The van der Waals surface area contributed by atoms with Gasteiger partial charge in [-0.2, -0.15) is 18.2 Å². The third-order valence-corrected chi connectivity index (χ3v) is 4.48. The van der Waals surface area contributed by atoms with Gasteiger partial charge in [0.1, 0.15) is 0 Å². The zero-order valence-electron chi connectivity index (χ0n) is 14.6. The number of alkyl halides is 3. The van der Waals surface area contributed by atoms with Crippen LogP contribution in [0.3, 0.4) is 0 Å². The predicted octanol–water partition coefficient (Wildman–Crippen LogP) is 2.34. The molecule has 0 unspecified atom stereocenters. The smallest absolute Gasteiger partial charge is 0.416 e. The molecule has 28 heavy (non-hydrogen) atoms. The first kappa shape index (κ1) is 19.5. The molecule has 0 saturated carbocycles. The zero-order valence-corrected chi connectivity index (χ0v) is 14.6. The fourth-order valence-electron chi connectivity index (χ4n) is 3.23. The van der Waals surface area contributed by atoms with E-state index in [1.165, 1.54) is 29.4 Å². The number of guanidine groups is 1. The fraction of sp³-hybridized carbons (Fsp3) is 0.278. The van der Waals surface area contributed by atoms with Crippen LogP contribution in [0.2, 0.25) is 0 Å². The molecular formula is C18H17F3N4O3. The van der Waals surface area contributed by atoms with E-state index in [-0.39, 0.29) is 29.3 Å². The van der Waals surface area contributed by atoms with E-state index < -0.39 is 29.5 Å². The molecule has 0 aliphatic carbocycles. The van der Waals surface area contributed by atoms with Crippen LogP contribution >= 0.6 is 0 Å². The van der Waals surface area contributed by atoms with Gasteiger partial charge in [0, 0.05) is 24.6 Å². The molecule has 1 atom stereocenters. The Balaban J connectivity index is 1.88. The van der Waals surface area contributed by atoms with Gasteiger partial charge in [0.2, 0.25) is 0 Å². The lowest BCUT2D eigenvalue weighted by Crippen LogP contribution is -2.28. The van der Waals surface area contributed by atoms with Crippen LogP contribution in [0.1, 0.15) is 44.4 Å². The van der Waals surface area contributed by atoms with Crippen molar-refractivity contribution in [2.75, 3.05) is 13.1 Å². The van der Waals surface area contributed by atoms with Gasteiger partial charge in [0.25, 0.3) is 11.8 Å². The van der Waals surface area contributed by atoms with Crippen molar-refractivity contribution in [2.45, 2.75) is 18.5 Å². The van der Waals surface area contributed by atoms with Crippen molar-refractivity contribution in [3.8, 4) is 0 Å². The van der Waals surface area contributed by atoms with Gasteiger partial charge in [-0.05, 0) is 36.2 Å². The molecule has 1 aromatic heterocycles. The molecule has 148 valence electrons. The Bertz CT molecular complexity index is 919. The summed E-state index contributed by atoms with van der Waals surface area (Å²) in [5.41, 5.74) is 9.02. The van der Waals surface area contributed by atoms with Crippen molar-refractivity contribution in [2.24, 2.45) is 16.5 Å². The van der Waals surface area contributed by atoms with Crippen molar-refractivity contribution < 1.29 is 27.2 Å². The second-order valence-electron chi connectivity index (χ2n) is 6.36. The highest BCUT2D eigenvalue weighted by Crippen LogP contribution is 2.39. The Labute approximate surface area is 157 Å². The summed E-state index contributed by atoms with van der Waals surface area (Å²) in [5.74, 6) is -2.26. The second kappa shape index (κ2) is 7.37. The van der Waals surface area contributed by atoms with Crippen LogP contribution in [0.15, 0.2) is 46.0 Å². The molecule has 1 aliphatic rings. The molecule has 0 bridgehead atoms. The first-order chi connectivity index (χ1) is 13.2.